The number of ketones is 1. The minimum absolute atomic E-state index is 0.0693. The number of halogens is 2. The number of aryl methyl sites for hydroxylation is 1. The SMILES string of the molecule is COc1ccc(C(=O)c2cc(Cl)ccc2Br)cc1C. The lowest BCUT2D eigenvalue weighted by Gasteiger charge is -2.08. The molecule has 0 aromatic heterocycles. The second-order valence-electron chi connectivity index (χ2n) is 4.14. The van der Waals surface area contributed by atoms with Crippen molar-refractivity contribution in [1.29, 1.82) is 0 Å². The summed E-state index contributed by atoms with van der Waals surface area (Å²) in [6.07, 6.45) is 0. The largest absolute Gasteiger partial charge is 0.496 e. The molecular formula is C15H12BrClO2. The zero-order valence-corrected chi connectivity index (χ0v) is 12.9. The standard InChI is InChI=1S/C15H12BrClO2/c1-9-7-10(3-6-14(9)19-2)15(18)12-8-11(17)4-5-13(12)16/h3-8H,1-2H3. The molecule has 0 saturated heterocycles. The minimum Gasteiger partial charge on any atom is -0.496 e. The fraction of sp³-hybridized carbons (Fsp3) is 0.133. The summed E-state index contributed by atoms with van der Waals surface area (Å²) in [7, 11) is 1.61. The molecule has 0 N–H and O–H groups in total. The van der Waals surface area contributed by atoms with Crippen LogP contribution in [0.5, 0.6) is 5.75 Å². The first-order chi connectivity index (χ1) is 9.02. The molecule has 98 valence electrons. The number of carbonyl (C=O) groups excluding carboxylic acids is 1. The van der Waals surface area contributed by atoms with Gasteiger partial charge in [-0.05, 0) is 48.9 Å². The molecule has 0 atom stereocenters. The summed E-state index contributed by atoms with van der Waals surface area (Å²) in [5.74, 6) is 0.696. The summed E-state index contributed by atoms with van der Waals surface area (Å²) in [5.41, 5.74) is 2.09. The van der Waals surface area contributed by atoms with Crippen molar-refractivity contribution in [3.63, 3.8) is 0 Å². The van der Waals surface area contributed by atoms with Gasteiger partial charge in [0.1, 0.15) is 5.75 Å². The van der Waals surface area contributed by atoms with Crippen molar-refractivity contribution < 1.29 is 9.53 Å². The Kier molecular flexibility index (Phi) is 4.27. The topological polar surface area (TPSA) is 26.3 Å². The first-order valence-corrected chi connectivity index (χ1v) is 6.84. The van der Waals surface area contributed by atoms with Gasteiger partial charge in [0.15, 0.2) is 5.78 Å². The molecule has 0 aliphatic carbocycles. The molecule has 0 aliphatic heterocycles. The second-order valence-corrected chi connectivity index (χ2v) is 5.43. The van der Waals surface area contributed by atoms with Crippen molar-refractivity contribution in [1.82, 2.24) is 0 Å². The molecule has 19 heavy (non-hydrogen) atoms. The maximum atomic E-state index is 12.4. The fourth-order valence-electron chi connectivity index (χ4n) is 1.85. The third-order valence-electron chi connectivity index (χ3n) is 2.83. The van der Waals surface area contributed by atoms with Crippen molar-refractivity contribution in [2.24, 2.45) is 0 Å². The van der Waals surface area contributed by atoms with Crippen LogP contribution in [0.25, 0.3) is 0 Å². The van der Waals surface area contributed by atoms with Crippen LogP contribution in [0.2, 0.25) is 5.02 Å². The molecule has 2 aromatic carbocycles. The predicted molar refractivity (Wildman–Crippen MR) is 80.3 cm³/mol. The minimum atomic E-state index is -0.0693. The van der Waals surface area contributed by atoms with Crippen LogP contribution < -0.4 is 4.74 Å². The number of hydrogen-bond donors (Lipinski definition) is 0. The van der Waals surface area contributed by atoms with Crippen molar-refractivity contribution in [3.05, 3.63) is 62.6 Å². The maximum Gasteiger partial charge on any atom is 0.194 e. The van der Waals surface area contributed by atoms with Crippen molar-refractivity contribution in [2.45, 2.75) is 6.92 Å². The number of carbonyl (C=O) groups is 1. The zero-order chi connectivity index (χ0) is 14.0. The van der Waals surface area contributed by atoms with Crippen molar-refractivity contribution in [2.75, 3.05) is 7.11 Å². The average molecular weight is 340 g/mol. The summed E-state index contributed by atoms with van der Waals surface area (Å²) in [6, 6.07) is 10.5. The molecule has 2 aromatic rings. The smallest absolute Gasteiger partial charge is 0.194 e. The van der Waals surface area contributed by atoms with Crippen LogP contribution in [0.15, 0.2) is 40.9 Å². The highest BCUT2D eigenvalue weighted by Gasteiger charge is 2.14. The van der Waals surface area contributed by atoms with Crippen molar-refractivity contribution >= 4 is 33.3 Å². The van der Waals surface area contributed by atoms with E-state index in [2.05, 4.69) is 15.9 Å². The molecule has 0 heterocycles. The highest BCUT2D eigenvalue weighted by Crippen LogP contribution is 2.26. The summed E-state index contributed by atoms with van der Waals surface area (Å²) in [4.78, 5) is 12.4. The lowest BCUT2D eigenvalue weighted by molar-refractivity contribution is 0.103. The van der Waals surface area contributed by atoms with Crippen LogP contribution in [0.1, 0.15) is 21.5 Å². The quantitative estimate of drug-likeness (QED) is 0.761. The second kappa shape index (κ2) is 5.76. The van der Waals surface area contributed by atoms with Crippen LogP contribution in [-0.2, 0) is 0 Å². The highest BCUT2D eigenvalue weighted by molar-refractivity contribution is 9.10. The molecule has 0 unspecified atom stereocenters. The van der Waals surface area contributed by atoms with Crippen LogP contribution in [0.3, 0.4) is 0 Å². The van der Waals surface area contributed by atoms with Gasteiger partial charge in [-0.2, -0.15) is 0 Å². The molecule has 2 nitrogen and oxygen atoms in total. The molecule has 0 fully saturated rings. The fourth-order valence-corrected chi connectivity index (χ4v) is 2.45. The van der Waals surface area contributed by atoms with E-state index in [4.69, 9.17) is 16.3 Å². The third-order valence-corrected chi connectivity index (χ3v) is 3.76. The first kappa shape index (κ1) is 14.1. The summed E-state index contributed by atoms with van der Waals surface area (Å²) in [6.45, 7) is 1.91. The lowest BCUT2D eigenvalue weighted by atomic mass is 10.0. The Morgan fingerprint density at radius 2 is 1.95 bits per heavy atom. The number of ether oxygens (including phenoxy) is 1. The third kappa shape index (κ3) is 2.99. The molecule has 0 aliphatic rings. The number of methoxy groups -OCH3 is 1. The van der Waals surface area contributed by atoms with E-state index in [0.717, 1.165) is 15.8 Å². The molecule has 0 amide bonds. The van der Waals surface area contributed by atoms with Gasteiger partial charge in [-0.25, -0.2) is 0 Å². The molecule has 4 heteroatoms. The van der Waals surface area contributed by atoms with E-state index in [9.17, 15) is 4.79 Å². The Bertz CT molecular complexity index is 638. The van der Waals surface area contributed by atoms with Gasteiger partial charge >= 0.3 is 0 Å². The van der Waals surface area contributed by atoms with Crippen LogP contribution in [0.4, 0.5) is 0 Å². The average Bonchev–Trinajstić information content (AvgIpc) is 2.40. The van der Waals surface area contributed by atoms with E-state index >= 15 is 0 Å². The summed E-state index contributed by atoms with van der Waals surface area (Å²) in [5, 5.41) is 0.539. The van der Waals surface area contributed by atoms with E-state index in [-0.39, 0.29) is 5.78 Å². The van der Waals surface area contributed by atoms with E-state index in [1.54, 1.807) is 37.4 Å². The van der Waals surface area contributed by atoms with Crippen LogP contribution >= 0.6 is 27.5 Å². The normalized spacial score (nSPS) is 10.3. The summed E-state index contributed by atoms with van der Waals surface area (Å²) < 4.78 is 5.92. The molecule has 0 saturated carbocycles. The Morgan fingerprint density at radius 1 is 1.21 bits per heavy atom. The molecule has 0 spiro atoms. The Balaban J connectivity index is 2.44. The Morgan fingerprint density at radius 3 is 2.58 bits per heavy atom. The van der Waals surface area contributed by atoms with Gasteiger partial charge in [0.25, 0.3) is 0 Å². The monoisotopic (exact) mass is 338 g/mol. The van der Waals surface area contributed by atoms with E-state index in [1.165, 1.54) is 0 Å². The van der Waals surface area contributed by atoms with Gasteiger partial charge in [-0.3, -0.25) is 4.79 Å². The lowest BCUT2D eigenvalue weighted by Crippen LogP contribution is -2.03. The molecular weight excluding hydrogens is 328 g/mol. The van der Waals surface area contributed by atoms with Gasteiger partial charge in [-0.15, -0.1) is 0 Å². The predicted octanol–water partition coefficient (Wildman–Crippen LogP) is 4.65. The van der Waals surface area contributed by atoms with Gasteiger partial charge in [0, 0.05) is 20.6 Å². The van der Waals surface area contributed by atoms with Crippen LogP contribution in [-0.4, -0.2) is 12.9 Å². The van der Waals surface area contributed by atoms with E-state index in [1.807, 2.05) is 13.0 Å². The zero-order valence-electron chi connectivity index (χ0n) is 10.5. The van der Waals surface area contributed by atoms with E-state index < -0.39 is 0 Å². The first-order valence-electron chi connectivity index (χ1n) is 5.67. The molecule has 0 bridgehead atoms. The Labute approximate surface area is 125 Å². The van der Waals surface area contributed by atoms with E-state index in [0.29, 0.717) is 16.1 Å². The van der Waals surface area contributed by atoms with Crippen LogP contribution in [0, 0.1) is 6.92 Å². The van der Waals surface area contributed by atoms with Crippen molar-refractivity contribution in [3.8, 4) is 5.75 Å². The maximum absolute atomic E-state index is 12.4. The number of hydrogen-bond acceptors (Lipinski definition) is 2. The number of rotatable bonds is 3. The molecule has 0 radical (unpaired) electrons. The summed E-state index contributed by atoms with van der Waals surface area (Å²) >= 11 is 9.31. The van der Waals surface area contributed by atoms with Gasteiger partial charge in [-0.1, -0.05) is 27.5 Å². The van der Waals surface area contributed by atoms with Gasteiger partial charge in [0.2, 0.25) is 0 Å². The highest BCUT2D eigenvalue weighted by atomic mass is 79.9. The molecule has 2 rings (SSSR count). The van der Waals surface area contributed by atoms with Gasteiger partial charge < -0.3 is 4.74 Å². The Hall–Kier alpha value is -1.32. The van der Waals surface area contributed by atoms with Gasteiger partial charge in [0.05, 0.1) is 7.11 Å². The number of benzene rings is 2.